The van der Waals surface area contributed by atoms with Crippen molar-refractivity contribution in [1.29, 1.82) is 0 Å². The van der Waals surface area contributed by atoms with Gasteiger partial charge in [-0.1, -0.05) is 47.5 Å². The number of benzene rings is 2. The Balaban J connectivity index is 1.55. The largest absolute Gasteiger partial charge is 0.367 e. The summed E-state index contributed by atoms with van der Waals surface area (Å²) in [5.74, 6) is -0.410. The second-order valence-corrected chi connectivity index (χ2v) is 9.02. The number of hydrogen-bond donors (Lipinski definition) is 2. The first-order valence-electron chi connectivity index (χ1n) is 8.90. The highest BCUT2D eigenvalue weighted by molar-refractivity contribution is 7.89. The van der Waals surface area contributed by atoms with E-state index in [1.807, 2.05) is 30.3 Å². The third-order valence-electron chi connectivity index (χ3n) is 4.61. The number of carbonyl (C=O) groups excluding carboxylic acids is 1. The summed E-state index contributed by atoms with van der Waals surface area (Å²) in [7, 11) is -3.99. The lowest BCUT2D eigenvalue weighted by Crippen LogP contribution is -2.43. The lowest BCUT2D eigenvalue weighted by molar-refractivity contribution is -0.120. The highest BCUT2D eigenvalue weighted by Gasteiger charge is 2.26. The first kappa shape index (κ1) is 20.9. The fourth-order valence-corrected chi connectivity index (χ4v) is 5.40. The summed E-state index contributed by atoms with van der Waals surface area (Å²) in [6.07, 6.45) is 2.02. The highest BCUT2D eigenvalue weighted by Crippen LogP contribution is 2.28. The van der Waals surface area contributed by atoms with Gasteiger partial charge in [-0.15, -0.1) is 0 Å². The van der Waals surface area contributed by atoms with E-state index in [1.54, 1.807) is 6.07 Å². The average molecular weight is 442 g/mol. The molecule has 0 spiro atoms. The first-order chi connectivity index (χ1) is 13.4. The van der Waals surface area contributed by atoms with Crippen LogP contribution in [0.1, 0.15) is 12.8 Å². The molecule has 2 aromatic carbocycles. The molecule has 1 amide bonds. The molecular weight excluding hydrogens is 421 g/mol. The van der Waals surface area contributed by atoms with Crippen LogP contribution in [0.5, 0.6) is 0 Å². The quantitative estimate of drug-likeness (QED) is 0.691. The van der Waals surface area contributed by atoms with E-state index < -0.39 is 15.9 Å². The standard InChI is InChI=1S/C19H21Cl2N3O3S/c20-16-9-4-10-17(21)19(16)28(26,27)23-13-18(25)22-12-15-8-5-11-24(15)14-6-2-1-3-7-14/h1-4,6-7,9-10,15,23H,5,8,11-13H2,(H,22,25). The topological polar surface area (TPSA) is 78.5 Å². The van der Waals surface area contributed by atoms with Crippen LogP contribution in [0.4, 0.5) is 5.69 Å². The number of rotatable bonds is 7. The molecule has 28 heavy (non-hydrogen) atoms. The van der Waals surface area contributed by atoms with Gasteiger partial charge in [0.05, 0.1) is 16.6 Å². The van der Waals surface area contributed by atoms with Crippen LogP contribution in [0.15, 0.2) is 53.4 Å². The molecule has 1 aliphatic rings. The fourth-order valence-electron chi connectivity index (χ4n) is 3.27. The van der Waals surface area contributed by atoms with Crippen molar-refractivity contribution in [3.05, 3.63) is 58.6 Å². The van der Waals surface area contributed by atoms with Crippen LogP contribution >= 0.6 is 23.2 Å². The van der Waals surface area contributed by atoms with E-state index in [0.29, 0.717) is 6.54 Å². The van der Waals surface area contributed by atoms with Gasteiger partial charge in [-0.2, -0.15) is 0 Å². The summed E-state index contributed by atoms with van der Waals surface area (Å²) >= 11 is 11.9. The van der Waals surface area contributed by atoms with Gasteiger partial charge < -0.3 is 10.2 Å². The van der Waals surface area contributed by atoms with E-state index in [9.17, 15) is 13.2 Å². The number of anilines is 1. The van der Waals surface area contributed by atoms with Crippen LogP contribution in [-0.2, 0) is 14.8 Å². The molecule has 0 aliphatic carbocycles. The number of hydrogen-bond acceptors (Lipinski definition) is 4. The van der Waals surface area contributed by atoms with Crippen molar-refractivity contribution in [3.8, 4) is 0 Å². The molecule has 1 atom stereocenters. The summed E-state index contributed by atoms with van der Waals surface area (Å²) in [5.41, 5.74) is 1.12. The summed E-state index contributed by atoms with van der Waals surface area (Å²) in [5, 5.41) is 2.81. The Kier molecular flexibility index (Phi) is 6.82. The zero-order valence-corrected chi connectivity index (χ0v) is 17.4. The van der Waals surface area contributed by atoms with Crippen LogP contribution in [0.25, 0.3) is 0 Å². The third-order valence-corrected chi connectivity index (χ3v) is 6.97. The maximum atomic E-state index is 12.4. The maximum Gasteiger partial charge on any atom is 0.244 e. The van der Waals surface area contributed by atoms with E-state index in [2.05, 4.69) is 14.9 Å². The van der Waals surface area contributed by atoms with Gasteiger partial charge in [0.25, 0.3) is 0 Å². The minimum atomic E-state index is -3.99. The predicted octanol–water partition coefficient (Wildman–Crippen LogP) is 3.06. The Morgan fingerprint density at radius 2 is 1.75 bits per heavy atom. The highest BCUT2D eigenvalue weighted by atomic mass is 35.5. The zero-order chi connectivity index (χ0) is 20.1. The molecule has 9 heteroatoms. The van der Waals surface area contributed by atoms with Gasteiger partial charge in [0.15, 0.2) is 0 Å². The van der Waals surface area contributed by atoms with Gasteiger partial charge in [0.2, 0.25) is 15.9 Å². The maximum absolute atomic E-state index is 12.4. The number of halogens is 2. The molecule has 150 valence electrons. The van der Waals surface area contributed by atoms with Gasteiger partial charge in [0, 0.05) is 24.8 Å². The SMILES string of the molecule is O=C(CNS(=O)(=O)c1c(Cl)cccc1Cl)NCC1CCCN1c1ccccc1. The van der Waals surface area contributed by atoms with E-state index in [1.165, 1.54) is 12.1 Å². The Hall–Kier alpha value is -1.80. The van der Waals surface area contributed by atoms with Crippen LogP contribution in [0.2, 0.25) is 10.0 Å². The molecule has 3 rings (SSSR count). The lowest BCUT2D eigenvalue weighted by Gasteiger charge is -2.27. The van der Waals surface area contributed by atoms with Crippen molar-refractivity contribution < 1.29 is 13.2 Å². The monoisotopic (exact) mass is 441 g/mol. The van der Waals surface area contributed by atoms with Gasteiger partial charge in [-0.3, -0.25) is 4.79 Å². The predicted molar refractivity (Wildman–Crippen MR) is 111 cm³/mol. The van der Waals surface area contributed by atoms with E-state index in [4.69, 9.17) is 23.2 Å². The van der Waals surface area contributed by atoms with Crippen LogP contribution in [-0.4, -0.2) is 40.0 Å². The van der Waals surface area contributed by atoms with Crippen molar-refractivity contribution >= 4 is 44.8 Å². The molecule has 1 saturated heterocycles. The second kappa shape index (κ2) is 9.13. The molecule has 1 unspecified atom stereocenters. The molecule has 0 bridgehead atoms. The van der Waals surface area contributed by atoms with E-state index in [0.717, 1.165) is 25.1 Å². The van der Waals surface area contributed by atoms with Crippen molar-refractivity contribution in [2.75, 3.05) is 24.5 Å². The zero-order valence-electron chi connectivity index (χ0n) is 15.1. The minimum Gasteiger partial charge on any atom is -0.367 e. The van der Waals surface area contributed by atoms with E-state index in [-0.39, 0.29) is 27.5 Å². The number of sulfonamides is 1. The van der Waals surface area contributed by atoms with Gasteiger partial charge in [-0.05, 0) is 37.1 Å². The number of para-hydroxylation sites is 1. The molecule has 0 aromatic heterocycles. The average Bonchev–Trinajstić information content (AvgIpc) is 3.14. The number of nitrogens with one attached hydrogen (secondary N) is 2. The Labute approximate surface area is 174 Å². The molecule has 0 radical (unpaired) electrons. The van der Waals surface area contributed by atoms with Crippen LogP contribution in [0, 0.1) is 0 Å². The molecule has 2 N–H and O–H groups in total. The lowest BCUT2D eigenvalue weighted by atomic mass is 10.2. The molecular formula is C19H21Cl2N3O3S. The fraction of sp³-hybridized carbons (Fsp3) is 0.316. The molecule has 6 nitrogen and oxygen atoms in total. The van der Waals surface area contributed by atoms with Crippen molar-refractivity contribution in [2.24, 2.45) is 0 Å². The van der Waals surface area contributed by atoms with E-state index >= 15 is 0 Å². The smallest absolute Gasteiger partial charge is 0.244 e. The summed E-state index contributed by atoms with van der Waals surface area (Å²) < 4.78 is 27.1. The van der Waals surface area contributed by atoms with Gasteiger partial charge >= 0.3 is 0 Å². The van der Waals surface area contributed by atoms with Crippen molar-refractivity contribution in [2.45, 2.75) is 23.8 Å². The van der Waals surface area contributed by atoms with Gasteiger partial charge in [0.1, 0.15) is 4.90 Å². The number of nitrogens with zero attached hydrogens (tertiary/aromatic N) is 1. The molecule has 0 saturated carbocycles. The molecule has 1 aliphatic heterocycles. The second-order valence-electron chi connectivity index (χ2n) is 6.50. The van der Waals surface area contributed by atoms with Crippen LogP contribution < -0.4 is 14.9 Å². The molecule has 1 heterocycles. The summed E-state index contributed by atoms with van der Waals surface area (Å²) in [6.45, 7) is 0.992. The summed E-state index contributed by atoms with van der Waals surface area (Å²) in [6, 6.07) is 14.6. The third kappa shape index (κ3) is 4.97. The minimum absolute atomic E-state index is 0.00451. The Morgan fingerprint density at radius 1 is 1.07 bits per heavy atom. The van der Waals surface area contributed by atoms with Gasteiger partial charge in [-0.25, -0.2) is 13.1 Å². The van der Waals surface area contributed by atoms with Crippen molar-refractivity contribution in [1.82, 2.24) is 10.0 Å². The molecule has 1 fully saturated rings. The Bertz CT molecular complexity index is 918. The Morgan fingerprint density at radius 3 is 2.43 bits per heavy atom. The number of carbonyl (C=O) groups is 1. The summed E-state index contributed by atoms with van der Waals surface area (Å²) in [4.78, 5) is 14.2. The van der Waals surface area contributed by atoms with Crippen molar-refractivity contribution in [3.63, 3.8) is 0 Å². The number of amides is 1. The normalized spacial score (nSPS) is 16.9. The first-order valence-corrected chi connectivity index (χ1v) is 11.1. The van der Waals surface area contributed by atoms with Crippen LogP contribution in [0.3, 0.4) is 0 Å². The molecule has 2 aromatic rings.